The number of aryl methyl sites for hydroxylation is 2. The molecule has 1 aromatic carbocycles. The Morgan fingerprint density at radius 2 is 1.81 bits per heavy atom. The molecule has 138 valence electrons. The normalized spacial score (nSPS) is 15.8. The third-order valence-electron chi connectivity index (χ3n) is 4.91. The Morgan fingerprint density at radius 1 is 1.15 bits per heavy atom. The zero-order valence-electron chi connectivity index (χ0n) is 15.6. The van der Waals surface area contributed by atoms with Crippen LogP contribution in [0.3, 0.4) is 0 Å². The first-order chi connectivity index (χ1) is 12.6. The van der Waals surface area contributed by atoms with E-state index in [2.05, 4.69) is 39.6 Å². The molecule has 0 aliphatic heterocycles. The lowest BCUT2D eigenvalue weighted by atomic mass is 9.92. The summed E-state index contributed by atoms with van der Waals surface area (Å²) in [5.41, 5.74) is 3.16. The molecule has 3 rings (SSSR count). The van der Waals surface area contributed by atoms with E-state index in [0.717, 1.165) is 17.8 Å². The maximum absolute atomic E-state index is 12.6. The molecular weight excluding hydrogens is 342 g/mol. The second-order valence-corrected chi connectivity index (χ2v) is 8.07. The van der Waals surface area contributed by atoms with Gasteiger partial charge in [-0.3, -0.25) is 4.79 Å². The van der Waals surface area contributed by atoms with Gasteiger partial charge in [-0.1, -0.05) is 54.9 Å². The Morgan fingerprint density at radius 3 is 2.46 bits per heavy atom. The van der Waals surface area contributed by atoms with Gasteiger partial charge in [-0.25, -0.2) is 9.97 Å². The minimum atomic E-state index is 0.0746. The number of rotatable bonds is 7. The maximum atomic E-state index is 12.6. The fraction of sp³-hybridized carbons (Fsp3) is 0.476. The van der Waals surface area contributed by atoms with Gasteiger partial charge < -0.3 is 5.32 Å². The van der Waals surface area contributed by atoms with Gasteiger partial charge in [0.15, 0.2) is 5.16 Å². The summed E-state index contributed by atoms with van der Waals surface area (Å²) in [4.78, 5) is 21.4. The van der Waals surface area contributed by atoms with Crippen LogP contribution in [0.15, 0.2) is 41.6 Å². The van der Waals surface area contributed by atoms with Crippen molar-refractivity contribution in [1.82, 2.24) is 15.3 Å². The SMILES string of the molecule is Cc1cc(C)nc(SCC(=O)NC(Cc2ccccc2)C2CCCC2)n1. The smallest absolute Gasteiger partial charge is 0.230 e. The van der Waals surface area contributed by atoms with E-state index in [1.807, 2.05) is 26.0 Å². The lowest BCUT2D eigenvalue weighted by Crippen LogP contribution is -2.42. The van der Waals surface area contributed by atoms with E-state index in [1.54, 1.807) is 0 Å². The predicted octanol–water partition coefficient (Wildman–Crippen LogP) is 4.10. The molecule has 1 aromatic heterocycles. The van der Waals surface area contributed by atoms with Gasteiger partial charge in [-0.2, -0.15) is 0 Å². The second-order valence-electron chi connectivity index (χ2n) is 7.13. The number of hydrogen-bond donors (Lipinski definition) is 1. The van der Waals surface area contributed by atoms with Crippen LogP contribution in [-0.4, -0.2) is 27.7 Å². The zero-order valence-corrected chi connectivity index (χ0v) is 16.4. The third-order valence-corrected chi connectivity index (χ3v) is 5.76. The number of benzene rings is 1. The molecule has 1 heterocycles. The van der Waals surface area contributed by atoms with Crippen LogP contribution >= 0.6 is 11.8 Å². The van der Waals surface area contributed by atoms with E-state index in [4.69, 9.17) is 0 Å². The number of carbonyl (C=O) groups is 1. The molecule has 1 fully saturated rings. The molecular formula is C21H27N3OS. The Bertz CT molecular complexity index is 709. The van der Waals surface area contributed by atoms with E-state index < -0.39 is 0 Å². The number of nitrogens with one attached hydrogen (secondary N) is 1. The van der Waals surface area contributed by atoms with Gasteiger partial charge in [-0.15, -0.1) is 0 Å². The predicted molar refractivity (Wildman–Crippen MR) is 106 cm³/mol. The number of hydrogen-bond acceptors (Lipinski definition) is 4. The average molecular weight is 370 g/mol. The van der Waals surface area contributed by atoms with Gasteiger partial charge in [0.05, 0.1) is 5.75 Å². The summed E-state index contributed by atoms with van der Waals surface area (Å²) in [6.07, 6.45) is 5.88. The summed E-state index contributed by atoms with van der Waals surface area (Å²) in [5.74, 6) is 1.02. The van der Waals surface area contributed by atoms with Crippen molar-refractivity contribution in [2.45, 2.75) is 57.1 Å². The lowest BCUT2D eigenvalue weighted by Gasteiger charge is -2.25. The van der Waals surface area contributed by atoms with E-state index in [1.165, 1.54) is 43.0 Å². The monoisotopic (exact) mass is 369 g/mol. The Kier molecular flexibility index (Phi) is 6.67. The first kappa shape index (κ1) is 18.9. The summed E-state index contributed by atoms with van der Waals surface area (Å²) < 4.78 is 0. The molecule has 1 unspecified atom stereocenters. The molecule has 1 aliphatic carbocycles. The maximum Gasteiger partial charge on any atom is 0.230 e. The van der Waals surface area contributed by atoms with Crippen molar-refractivity contribution < 1.29 is 4.79 Å². The highest BCUT2D eigenvalue weighted by molar-refractivity contribution is 7.99. The number of nitrogens with zero attached hydrogens (tertiary/aromatic N) is 2. The Labute approximate surface area is 160 Å². The minimum Gasteiger partial charge on any atom is -0.352 e. The summed E-state index contributed by atoms with van der Waals surface area (Å²) >= 11 is 1.41. The molecule has 1 amide bonds. The van der Waals surface area contributed by atoms with Gasteiger partial charge in [0.1, 0.15) is 0 Å². The van der Waals surface area contributed by atoms with Crippen LogP contribution in [0.5, 0.6) is 0 Å². The molecule has 1 saturated carbocycles. The van der Waals surface area contributed by atoms with E-state index in [9.17, 15) is 4.79 Å². The highest BCUT2D eigenvalue weighted by Gasteiger charge is 2.26. The van der Waals surface area contributed by atoms with Crippen LogP contribution in [0, 0.1) is 19.8 Å². The third kappa shape index (κ3) is 5.56. The summed E-state index contributed by atoms with van der Waals surface area (Å²) in [6.45, 7) is 3.91. The van der Waals surface area contributed by atoms with Gasteiger partial charge in [-0.05, 0) is 50.7 Å². The van der Waals surface area contributed by atoms with Crippen LogP contribution in [0.25, 0.3) is 0 Å². The molecule has 5 heteroatoms. The number of thioether (sulfide) groups is 1. The van der Waals surface area contributed by atoms with Crippen LogP contribution in [0.1, 0.15) is 42.6 Å². The molecule has 2 aromatic rings. The largest absolute Gasteiger partial charge is 0.352 e. The lowest BCUT2D eigenvalue weighted by molar-refractivity contribution is -0.119. The molecule has 0 radical (unpaired) electrons. The van der Waals surface area contributed by atoms with E-state index in [-0.39, 0.29) is 11.9 Å². The molecule has 0 bridgehead atoms. The van der Waals surface area contributed by atoms with Crippen molar-refractivity contribution in [2.24, 2.45) is 5.92 Å². The Balaban J connectivity index is 1.59. The van der Waals surface area contributed by atoms with Crippen molar-refractivity contribution >= 4 is 17.7 Å². The highest BCUT2D eigenvalue weighted by atomic mass is 32.2. The average Bonchev–Trinajstić information content (AvgIpc) is 3.14. The van der Waals surface area contributed by atoms with Crippen molar-refractivity contribution in [3.63, 3.8) is 0 Å². The van der Waals surface area contributed by atoms with Crippen molar-refractivity contribution in [3.05, 3.63) is 53.3 Å². The van der Waals surface area contributed by atoms with E-state index in [0.29, 0.717) is 16.8 Å². The first-order valence-electron chi connectivity index (χ1n) is 9.38. The molecule has 26 heavy (non-hydrogen) atoms. The van der Waals surface area contributed by atoms with Gasteiger partial charge in [0.2, 0.25) is 5.91 Å². The first-order valence-corrected chi connectivity index (χ1v) is 10.4. The van der Waals surface area contributed by atoms with Crippen LogP contribution in [0.4, 0.5) is 0 Å². The second kappa shape index (κ2) is 9.17. The number of aromatic nitrogens is 2. The fourth-order valence-corrected chi connectivity index (χ4v) is 4.46. The van der Waals surface area contributed by atoms with Crippen LogP contribution in [-0.2, 0) is 11.2 Å². The molecule has 0 saturated heterocycles. The van der Waals surface area contributed by atoms with Crippen molar-refractivity contribution in [2.75, 3.05) is 5.75 Å². The molecule has 4 nitrogen and oxygen atoms in total. The number of amides is 1. The highest BCUT2D eigenvalue weighted by Crippen LogP contribution is 2.29. The Hall–Kier alpha value is -1.88. The number of carbonyl (C=O) groups excluding carboxylic acids is 1. The minimum absolute atomic E-state index is 0.0746. The quantitative estimate of drug-likeness (QED) is 0.590. The summed E-state index contributed by atoms with van der Waals surface area (Å²) in [6, 6.07) is 12.6. The fourth-order valence-electron chi connectivity index (χ4n) is 3.70. The molecule has 1 atom stereocenters. The van der Waals surface area contributed by atoms with E-state index >= 15 is 0 Å². The molecule has 1 N–H and O–H groups in total. The van der Waals surface area contributed by atoms with Crippen molar-refractivity contribution in [1.29, 1.82) is 0 Å². The molecule has 0 spiro atoms. The standard InChI is InChI=1S/C21H27N3OS/c1-15-12-16(2)23-21(22-15)26-14-20(25)24-19(18-10-6-7-11-18)13-17-8-4-3-5-9-17/h3-5,8-9,12,18-19H,6-7,10-11,13-14H2,1-2H3,(H,24,25). The molecule has 1 aliphatic rings. The van der Waals surface area contributed by atoms with Gasteiger partial charge in [0, 0.05) is 17.4 Å². The topological polar surface area (TPSA) is 54.9 Å². The van der Waals surface area contributed by atoms with Gasteiger partial charge in [0.25, 0.3) is 0 Å². The summed E-state index contributed by atoms with van der Waals surface area (Å²) in [7, 11) is 0. The van der Waals surface area contributed by atoms with Crippen LogP contribution < -0.4 is 5.32 Å². The van der Waals surface area contributed by atoms with Crippen LogP contribution in [0.2, 0.25) is 0 Å². The summed E-state index contributed by atoms with van der Waals surface area (Å²) in [5, 5.41) is 3.97. The van der Waals surface area contributed by atoms with Crippen molar-refractivity contribution in [3.8, 4) is 0 Å². The van der Waals surface area contributed by atoms with Gasteiger partial charge >= 0.3 is 0 Å². The zero-order chi connectivity index (χ0) is 18.4.